The van der Waals surface area contributed by atoms with Gasteiger partial charge in [0.1, 0.15) is 0 Å². The van der Waals surface area contributed by atoms with E-state index in [1.165, 1.54) is 64.2 Å². The summed E-state index contributed by atoms with van der Waals surface area (Å²) in [6, 6.07) is 8.16. The van der Waals surface area contributed by atoms with Gasteiger partial charge in [-0.1, -0.05) is 84.1 Å². The van der Waals surface area contributed by atoms with Gasteiger partial charge in [0.05, 0.1) is 31.5 Å². The maximum Gasteiger partial charge on any atom is 0.161 e. The van der Waals surface area contributed by atoms with Crippen LogP contribution in [0.15, 0.2) is 23.8 Å². The highest BCUT2D eigenvalue weighted by molar-refractivity contribution is 5.61. The van der Waals surface area contributed by atoms with E-state index in [0.29, 0.717) is 32.0 Å². The Bertz CT molecular complexity index is 663. The Morgan fingerprint density at radius 3 is 1.91 bits per heavy atom. The van der Waals surface area contributed by atoms with E-state index in [1.54, 1.807) is 0 Å². The van der Waals surface area contributed by atoms with Gasteiger partial charge in [-0.05, 0) is 43.5 Å². The molecule has 0 amide bonds. The molecule has 0 bridgehead atoms. The molecule has 0 saturated heterocycles. The molecule has 0 unspecified atom stereocenters. The van der Waals surface area contributed by atoms with Crippen molar-refractivity contribution in [3.05, 3.63) is 29.3 Å². The van der Waals surface area contributed by atoms with Gasteiger partial charge in [-0.15, -0.1) is 0 Å². The van der Waals surface area contributed by atoms with Crippen LogP contribution >= 0.6 is 0 Å². The zero-order valence-electron chi connectivity index (χ0n) is 20.8. The number of ether oxygens (including phenoxy) is 3. The molecule has 0 saturated carbocycles. The van der Waals surface area contributed by atoms with E-state index in [4.69, 9.17) is 14.2 Å². The first-order valence-electron chi connectivity index (χ1n) is 12.8. The van der Waals surface area contributed by atoms with Crippen LogP contribution in [0, 0.1) is 11.3 Å². The van der Waals surface area contributed by atoms with Crippen LogP contribution in [0.1, 0.15) is 103 Å². The van der Waals surface area contributed by atoms with Crippen LogP contribution in [0.5, 0.6) is 11.5 Å². The van der Waals surface area contributed by atoms with Crippen molar-refractivity contribution < 1.29 is 14.2 Å². The van der Waals surface area contributed by atoms with E-state index in [2.05, 4.69) is 19.9 Å². The van der Waals surface area contributed by atoms with Crippen LogP contribution in [0.3, 0.4) is 0 Å². The molecule has 0 radical (unpaired) electrons. The topological polar surface area (TPSA) is 51.5 Å². The van der Waals surface area contributed by atoms with Crippen molar-refractivity contribution in [2.24, 2.45) is 0 Å². The number of nitriles is 1. The summed E-state index contributed by atoms with van der Waals surface area (Å²) in [5, 5.41) is 9.37. The zero-order chi connectivity index (χ0) is 23.3. The van der Waals surface area contributed by atoms with Crippen molar-refractivity contribution in [1.82, 2.24) is 0 Å². The van der Waals surface area contributed by atoms with Gasteiger partial charge in [0.25, 0.3) is 0 Å². The summed E-state index contributed by atoms with van der Waals surface area (Å²) in [4.78, 5) is 0. The third kappa shape index (κ3) is 13.4. The summed E-state index contributed by atoms with van der Waals surface area (Å²) < 4.78 is 17.6. The van der Waals surface area contributed by atoms with Gasteiger partial charge < -0.3 is 14.2 Å². The van der Waals surface area contributed by atoms with E-state index in [-0.39, 0.29) is 0 Å². The molecule has 1 rings (SSSR count). The summed E-state index contributed by atoms with van der Waals surface area (Å²) in [7, 11) is 0. The van der Waals surface area contributed by atoms with Crippen LogP contribution < -0.4 is 9.47 Å². The van der Waals surface area contributed by atoms with Crippen LogP contribution in [-0.2, 0) is 4.74 Å². The Labute approximate surface area is 197 Å². The molecular weight excluding hydrogens is 398 g/mol. The van der Waals surface area contributed by atoms with Gasteiger partial charge in [0.15, 0.2) is 11.5 Å². The molecule has 0 atom stereocenters. The molecular formula is C28H45NO3. The lowest BCUT2D eigenvalue weighted by atomic mass is 10.1. The van der Waals surface area contributed by atoms with E-state index < -0.39 is 0 Å². The Morgan fingerprint density at radius 1 is 0.781 bits per heavy atom. The summed E-state index contributed by atoms with van der Waals surface area (Å²) in [6.45, 7) is 8.74. The molecule has 1 aromatic rings. The van der Waals surface area contributed by atoms with Gasteiger partial charge in [0.2, 0.25) is 0 Å². The first-order valence-corrected chi connectivity index (χ1v) is 12.8. The predicted molar refractivity (Wildman–Crippen MR) is 134 cm³/mol. The third-order valence-electron chi connectivity index (χ3n) is 5.42. The Balaban J connectivity index is 2.67. The largest absolute Gasteiger partial charge is 0.490 e. The minimum Gasteiger partial charge on any atom is -0.490 e. The number of unbranched alkanes of at least 4 members (excludes halogenated alkanes) is 10. The van der Waals surface area contributed by atoms with E-state index >= 15 is 0 Å². The van der Waals surface area contributed by atoms with Gasteiger partial charge in [-0.3, -0.25) is 0 Å². The molecule has 0 aliphatic carbocycles. The normalized spacial score (nSPS) is 11.4. The highest BCUT2D eigenvalue weighted by Gasteiger charge is 2.08. The average molecular weight is 444 g/mol. The number of hydrogen-bond acceptors (Lipinski definition) is 4. The van der Waals surface area contributed by atoms with Gasteiger partial charge in [0, 0.05) is 6.61 Å². The van der Waals surface area contributed by atoms with Crippen LogP contribution in [0.25, 0.3) is 6.08 Å². The van der Waals surface area contributed by atoms with Crippen LogP contribution in [0.4, 0.5) is 0 Å². The number of benzene rings is 1. The van der Waals surface area contributed by atoms with Crippen molar-refractivity contribution in [3.63, 3.8) is 0 Å². The molecule has 4 heteroatoms. The Morgan fingerprint density at radius 2 is 1.34 bits per heavy atom. The Hall–Kier alpha value is -1.99. The lowest BCUT2D eigenvalue weighted by Gasteiger charge is -2.14. The molecule has 32 heavy (non-hydrogen) atoms. The van der Waals surface area contributed by atoms with Crippen molar-refractivity contribution in [3.8, 4) is 17.6 Å². The molecule has 0 spiro atoms. The third-order valence-corrected chi connectivity index (χ3v) is 5.42. The van der Waals surface area contributed by atoms with Crippen LogP contribution in [0.2, 0.25) is 0 Å². The summed E-state index contributed by atoms with van der Waals surface area (Å²) in [5.74, 6) is 1.57. The smallest absolute Gasteiger partial charge is 0.161 e. The second kappa shape index (κ2) is 19.7. The summed E-state index contributed by atoms with van der Waals surface area (Å²) >= 11 is 0. The second-order valence-corrected chi connectivity index (χ2v) is 8.36. The molecule has 0 aliphatic rings. The van der Waals surface area contributed by atoms with Gasteiger partial charge in [-0.25, -0.2) is 0 Å². The molecule has 1 aromatic carbocycles. The van der Waals surface area contributed by atoms with Crippen molar-refractivity contribution in [2.75, 3.05) is 26.4 Å². The number of hydrogen-bond donors (Lipinski definition) is 0. The number of nitrogens with zero attached hydrogens (tertiary/aromatic N) is 1. The van der Waals surface area contributed by atoms with Crippen molar-refractivity contribution >= 4 is 6.08 Å². The molecule has 4 nitrogen and oxygen atoms in total. The maximum atomic E-state index is 9.37. The second-order valence-electron chi connectivity index (χ2n) is 8.36. The highest BCUT2D eigenvalue weighted by Crippen LogP contribution is 2.30. The SMILES string of the molecule is CCCCCCCCOc1ccc(C=C(C#N)COCC)cc1OCCCCCCCC. The standard InChI is InChI=1S/C28H45NO3/c1-4-7-9-11-13-15-19-31-27-18-17-25(21-26(23-29)24-30-6-3)22-28(27)32-20-16-14-12-10-8-5-2/h17-18,21-22H,4-16,19-20,24H2,1-3H3. The minimum atomic E-state index is 0.331. The Kier molecular flexibility index (Phi) is 17.2. The zero-order valence-corrected chi connectivity index (χ0v) is 20.8. The maximum absolute atomic E-state index is 9.37. The monoisotopic (exact) mass is 443 g/mol. The fourth-order valence-electron chi connectivity index (χ4n) is 3.49. The van der Waals surface area contributed by atoms with E-state index in [9.17, 15) is 5.26 Å². The first-order chi connectivity index (χ1) is 15.7. The summed E-state index contributed by atoms with van der Waals surface area (Å²) in [5.41, 5.74) is 1.54. The van der Waals surface area contributed by atoms with E-state index in [1.807, 2.05) is 31.2 Å². The van der Waals surface area contributed by atoms with Crippen LogP contribution in [-0.4, -0.2) is 26.4 Å². The quantitative estimate of drug-likeness (QED) is 0.151. The lowest BCUT2D eigenvalue weighted by molar-refractivity contribution is 0.174. The van der Waals surface area contributed by atoms with Gasteiger partial charge in [-0.2, -0.15) is 5.26 Å². The highest BCUT2D eigenvalue weighted by atomic mass is 16.5. The molecule has 0 fully saturated rings. The molecule has 180 valence electrons. The van der Waals surface area contributed by atoms with Gasteiger partial charge >= 0.3 is 0 Å². The molecule has 0 heterocycles. The summed E-state index contributed by atoms with van der Waals surface area (Å²) in [6.07, 6.45) is 16.7. The average Bonchev–Trinajstić information content (AvgIpc) is 2.81. The predicted octanol–water partition coefficient (Wildman–Crippen LogP) is 8.11. The van der Waals surface area contributed by atoms with Crippen molar-refractivity contribution in [1.29, 1.82) is 5.26 Å². The molecule has 0 aliphatic heterocycles. The molecule has 0 N–H and O–H groups in total. The lowest BCUT2D eigenvalue weighted by Crippen LogP contribution is -2.03. The minimum absolute atomic E-state index is 0.331. The number of rotatable bonds is 20. The first kappa shape index (κ1) is 28.0. The fraction of sp³-hybridized carbons (Fsp3) is 0.679. The molecule has 0 aromatic heterocycles. The van der Waals surface area contributed by atoms with E-state index in [0.717, 1.165) is 29.9 Å². The van der Waals surface area contributed by atoms with Crippen molar-refractivity contribution in [2.45, 2.75) is 97.8 Å². The fourth-order valence-corrected chi connectivity index (χ4v) is 3.49.